The molecule has 0 unspecified atom stereocenters. The van der Waals surface area contributed by atoms with Crippen molar-refractivity contribution in [2.45, 2.75) is 32.2 Å². The smallest absolute Gasteiger partial charge is 0.0554 e. The summed E-state index contributed by atoms with van der Waals surface area (Å²) in [5.41, 5.74) is 6.54. The van der Waals surface area contributed by atoms with Gasteiger partial charge in [0.15, 0.2) is 0 Å². The van der Waals surface area contributed by atoms with Crippen LogP contribution >= 0.6 is 11.6 Å². The molecule has 3 atom stereocenters. The first-order chi connectivity index (χ1) is 10.6. The number of nitrogens with one attached hydrogen (secondary N) is 1. The van der Waals surface area contributed by atoms with E-state index in [9.17, 15) is 0 Å². The molecule has 2 heteroatoms. The number of anilines is 1. The Bertz CT molecular complexity index is 745. The zero-order valence-electron chi connectivity index (χ0n) is 12.9. The molecule has 112 valence electrons. The predicted octanol–water partition coefficient (Wildman–Crippen LogP) is 5.78. The lowest BCUT2D eigenvalue weighted by Crippen LogP contribution is -2.29. The number of hydrogen-bond acceptors (Lipinski definition) is 1. The molecule has 2 aromatic rings. The molecule has 22 heavy (non-hydrogen) atoms. The van der Waals surface area contributed by atoms with Crippen LogP contribution in [0.1, 0.15) is 40.6 Å². The lowest BCUT2D eigenvalue weighted by Gasteiger charge is -2.38. The molecule has 2 aromatic carbocycles. The second kappa shape index (κ2) is 5.17. The molecule has 1 nitrogen and oxygen atoms in total. The summed E-state index contributed by atoms with van der Waals surface area (Å²) < 4.78 is 0. The van der Waals surface area contributed by atoms with Crippen molar-refractivity contribution in [3.05, 3.63) is 75.8 Å². The first kappa shape index (κ1) is 13.9. The minimum absolute atomic E-state index is 0.368. The van der Waals surface area contributed by atoms with Crippen LogP contribution in [0, 0.1) is 19.8 Å². The summed E-state index contributed by atoms with van der Waals surface area (Å²) in [7, 11) is 0. The second-order valence-corrected chi connectivity index (χ2v) is 7.01. The molecule has 0 bridgehead atoms. The SMILES string of the molecule is Cc1ccc([C@@H]2Nc3c(C)cc(Cl)cc3[C@@H]3C=CC[C@@H]32)cc1. The molecule has 0 radical (unpaired) electrons. The van der Waals surface area contributed by atoms with Gasteiger partial charge in [-0.2, -0.15) is 0 Å². The Morgan fingerprint density at radius 1 is 1.09 bits per heavy atom. The van der Waals surface area contributed by atoms with Gasteiger partial charge in [-0.25, -0.2) is 0 Å². The van der Waals surface area contributed by atoms with Crippen LogP contribution in [0.15, 0.2) is 48.6 Å². The molecular weight excluding hydrogens is 290 g/mol. The van der Waals surface area contributed by atoms with Crippen LogP contribution in [0.25, 0.3) is 0 Å². The monoisotopic (exact) mass is 309 g/mol. The van der Waals surface area contributed by atoms with Gasteiger partial charge >= 0.3 is 0 Å². The average Bonchev–Trinajstić information content (AvgIpc) is 2.97. The second-order valence-electron chi connectivity index (χ2n) is 6.57. The Labute approximate surface area is 137 Å². The van der Waals surface area contributed by atoms with Crippen LogP contribution in [-0.2, 0) is 0 Å². The molecule has 1 N–H and O–H groups in total. The summed E-state index contributed by atoms with van der Waals surface area (Å²) in [5, 5.41) is 4.64. The molecule has 0 amide bonds. The fraction of sp³-hybridized carbons (Fsp3) is 0.300. The van der Waals surface area contributed by atoms with Gasteiger partial charge in [-0.15, -0.1) is 0 Å². The van der Waals surface area contributed by atoms with Crippen molar-refractivity contribution < 1.29 is 0 Å². The number of benzene rings is 2. The molecular formula is C20H20ClN. The minimum Gasteiger partial charge on any atom is -0.377 e. The van der Waals surface area contributed by atoms with E-state index in [4.69, 9.17) is 11.6 Å². The van der Waals surface area contributed by atoms with Gasteiger partial charge in [-0.1, -0.05) is 53.6 Å². The van der Waals surface area contributed by atoms with Gasteiger partial charge < -0.3 is 5.32 Å². The van der Waals surface area contributed by atoms with Crippen molar-refractivity contribution in [3.8, 4) is 0 Å². The highest BCUT2D eigenvalue weighted by atomic mass is 35.5. The Balaban J connectivity index is 1.82. The Morgan fingerprint density at radius 2 is 1.86 bits per heavy atom. The van der Waals surface area contributed by atoms with E-state index >= 15 is 0 Å². The average molecular weight is 310 g/mol. The summed E-state index contributed by atoms with van der Waals surface area (Å²) >= 11 is 6.29. The topological polar surface area (TPSA) is 12.0 Å². The highest BCUT2D eigenvalue weighted by Crippen LogP contribution is 2.51. The zero-order valence-corrected chi connectivity index (χ0v) is 13.7. The maximum Gasteiger partial charge on any atom is 0.0554 e. The van der Waals surface area contributed by atoms with E-state index in [2.05, 4.69) is 67.7 Å². The van der Waals surface area contributed by atoms with Gasteiger partial charge in [0.1, 0.15) is 0 Å². The zero-order chi connectivity index (χ0) is 15.3. The van der Waals surface area contributed by atoms with Gasteiger partial charge in [0.05, 0.1) is 6.04 Å². The highest BCUT2D eigenvalue weighted by Gasteiger charge is 2.38. The molecule has 2 aliphatic rings. The van der Waals surface area contributed by atoms with Crippen LogP contribution in [0.2, 0.25) is 5.02 Å². The third kappa shape index (κ3) is 2.16. The van der Waals surface area contributed by atoms with E-state index in [1.54, 1.807) is 0 Å². The molecule has 4 rings (SSSR count). The number of aryl methyl sites for hydroxylation is 2. The van der Waals surface area contributed by atoms with E-state index in [1.165, 1.54) is 27.9 Å². The Morgan fingerprint density at radius 3 is 2.64 bits per heavy atom. The fourth-order valence-corrected chi connectivity index (χ4v) is 4.23. The summed E-state index contributed by atoms with van der Waals surface area (Å²) in [5.74, 6) is 1.05. The predicted molar refractivity (Wildman–Crippen MR) is 93.7 cm³/mol. The van der Waals surface area contributed by atoms with Crippen molar-refractivity contribution in [3.63, 3.8) is 0 Å². The molecule has 1 heterocycles. The number of allylic oxidation sites excluding steroid dienone is 2. The van der Waals surface area contributed by atoms with Crippen molar-refractivity contribution in [2.24, 2.45) is 5.92 Å². The molecule has 1 aliphatic heterocycles. The summed E-state index contributed by atoms with van der Waals surface area (Å²) in [4.78, 5) is 0. The molecule has 0 aromatic heterocycles. The van der Waals surface area contributed by atoms with E-state index in [1.807, 2.05) is 0 Å². The van der Waals surface area contributed by atoms with Gasteiger partial charge in [0.25, 0.3) is 0 Å². The third-order valence-electron chi connectivity index (χ3n) is 5.07. The third-order valence-corrected chi connectivity index (χ3v) is 5.29. The van der Waals surface area contributed by atoms with E-state index in [0.29, 0.717) is 17.9 Å². The van der Waals surface area contributed by atoms with Crippen LogP contribution in [0.3, 0.4) is 0 Å². The van der Waals surface area contributed by atoms with Gasteiger partial charge in [0.2, 0.25) is 0 Å². The normalized spacial score (nSPS) is 25.5. The Kier molecular flexibility index (Phi) is 3.27. The lowest BCUT2D eigenvalue weighted by molar-refractivity contribution is 0.425. The molecule has 0 saturated carbocycles. The van der Waals surface area contributed by atoms with Crippen molar-refractivity contribution in [2.75, 3.05) is 5.32 Å². The number of rotatable bonds is 1. The minimum atomic E-state index is 0.368. The molecule has 0 saturated heterocycles. The number of halogens is 1. The van der Waals surface area contributed by atoms with Gasteiger partial charge in [-0.3, -0.25) is 0 Å². The van der Waals surface area contributed by atoms with Gasteiger partial charge in [-0.05, 0) is 55.0 Å². The molecule has 0 spiro atoms. The van der Waals surface area contributed by atoms with Crippen molar-refractivity contribution in [1.82, 2.24) is 0 Å². The maximum atomic E-state index is 6.29. The summed E-state index contributed by atoms with van der Waals surface area (Å²) in [6, 6.07) is 13.5. The number of hydrogen-bond donors (Lipinski definition) is 1. The van der Waals surface area contributed by atoms with E-state index in [0.717, 1.165) is 11.4 Å². The first-order valence-electron chi connectivity index (χ1n) is 7.93. The van der Waals surface area contributed by atoms with Crippen LogP contribution in [0.4, 0.5) is 5.69 Å². The van der Waals surface area contributed by atoms with Crippen molar-refractivity contribution >= 4 is 17.3 Å². The number of fused-ring (bicyclic) bond motifs is 3. The van der Waals surface area contributed by atoms with Crippen molar-refractivity contribution in [1.29, 1.82) is 0 Å². The highest BCUT2D eigenvalue weighted by molar-refractivity contribution is 6.30. The van der Waals surface area contributed by atoms with Crippen LogP contribution in [-0.4, -0.2) is 0 Å². The Hall–Kier alpha value is -1.73. The van der Waals surface area contributed by atoms with Crippen LogP contribution < -0.4 is 5.32 Å². The summed E-state index contributed by atoms with van der Waals surface area (Å²) in [6.45, 7) is 4.28. The standard InChI is InChI=1S/C20H20ClN/c1-12-6-8-14(9-7-12)20-17-5-3-4-16(17)18-11-15(21)10-13(2)19(18)22-20/h3-4,6-11,16-17,20,22H,5H2,1-2H3/t16-,17+,20+/m1/s1. The van der Waals surface area contributed by atoms with Gasteiger partial charge in [0, 0.05) is 16.6 Å². The van der Waals surface area contributed by atoms with E-state index < -0.39 is 0 Å². The molecule has 1 aliphatic carbocycles. The maximum absolute atomic E-state index is 6.29. The van der Waals surface area contributed by atoms with E-state index in [-0.39, 0.29) is 0 Å². The molecule has 0 fully saturated rings. The quantitative estimate of drug-likeness (QED) is 0.658. The summed E-state index contributed by atoms with van der Waals surface area (Å²) in [6.07, 6.45) is 5.81. The fourth-order valence-electron chi connectivity index (χ4n) is 3.95. The lowest BCUT2D eigenvalue weighted by atomic mass is 9.76. The van der Waals surface area contributed by atoms with Crippen LogP contribution in [0.5, 0.6) is 0 Å². The largest absolute Gasteiger partial charge is 0.377 e. The first-order valence-corrected chi connectivity index (χ1v) is 8.31.